The van der Waals surface area contributed by atoms with Gasteiger partial charge in [0.1, 0.15) is 11.9 Å². The third-order valence-corrected chi connectivity index (χ3v) is 4.91. The van der Waals surface area contributed by atoms with Gasteiger partial charge in [-0.25, -0.2) is 14.8 Å². The molecule has 0 saturated carbocycles. The molecule has 3 rings (SSSR count). The molecule has 3 heterocycles. The van der Waals surface area contributed by atoms with Crippen molar-refractivity contribution < 1.29 is 9.53 Å². The topological polar surface area (TPSA) is 71.5 Å². The first-order chi connectivity index (χ1) is 11.3. The Morgan fingerprint density at radius 1 is 1.21 bits per heavy atom. The second-order valence-corrected chi connectivity index (χ2v) is 8.03. The van der Waals surface area contributed by atoms with Crippen LogP contribution in [0, 0.1) is 5.41 Å². The number of amides is 1. The number of anilines is 1. The number of nitrogens with zero attached hydrogens (tertiary/aromatic N) is 5. The molecule has 1 spiro atoms. The summed E-state index contributed by atoms with van der Waals surface area (Å²) in [5.74, 6) is 0.631. The molecule has 0 radical (unpaired) electrons. The standard InChI is InChI=1S/C16H24ClN5O2/c1-15(2,3)24-14(23)22-9-6-16(10-22)4-7-21(8-5-16)13-19-11-18-12(17)20-13/h11H,4-10H2,1-3H3. The van der Waals surface area contributed by atoms with E-state index in [-0.39, 0.29) is 16.8 Å². The Balaban J connectivity index is 1.57. The number of rotatable bonds is 1. The van der Waals surface area contributed by atoms with Crippen molar-refractivity contribution >= 4 is 23.6 Å². The Morgan fingerprint density at radius 2 is 1.88 bits per heavy atom. The maximum atomic E-state index is 12.3. The van der Waals surface area contributed by atoms with Crippen LogP contribution in [-0.2, 0) is 4.74 Å². The van der Waals surface area contributed by atoms with Gasteiger partial charge in [0.25, 0.3) is 0 Å². The summed E-state index contributed by atoms with van der Waals surface area (Å²) in [7, 11) is 0. The molecule has 2 aliphatic rings. The van der Waals surface area contributed by atoms with Gasteiger partial charge in [0.15, 0.2) is 0 Å². The number of piperidine rings is 1. The number of aromatic nitrogens is 3. The maximum Gasteiger partial charge on any atom is 0.410 e. The minimum absolute atomic E-state index is 0.185. The van der Waals surface area contributed by atoms with E-state index in [4.69, 9.17) is 16.3 Å². The van der Waals surface area contributed by atoms with E-state index in [9.17, 15) is 4.79 Å². The lowest BCUT2D eigenvalue weighted by Gasteiger charge is -2.39. The molecule has 1 aromatic heterocycles. The van der Waals surface area contributed by atoms with Gasteiger partial charge >= 0.3 is 6.09 Å². The van der Waals surface area contributed by atoms with Crippen LogP contribution in [0.4, 0.5) is 10.7 Å². The van der Waals surface area contributed by atoms with Gasteiger partial charge < -0.3 is 14.5 Å². The van der Waals surface area contributed by atoms with Crippen LogP contribution in [0.5, 0.6) is 0 Å². The Bertz CT molecular complexity index is 611. The van der Waals surface area contributed by atoms with E-state index in [1.165, 1.54) is 6.33 Å². The van der Waals surface area contributed by atoms with Gasteiger partial charge in [-0.15, -0.1) is 0 Å². The zero-order chi connectivity index (χ0) is 17.4. The summed E-state index contributed by atoms with van der Waals surface area (Å²) in [5.41, 5.74) is -0.265. The predicted molar refractivity (Wildman–Crippen MR) is 91.1 cm³/mol. The molecule has 0 aliphatic carbocycles. The molecular formula is C16H24ClN5O2. The second-order valence-electron chi connectivity index (χ2n) is 7.69. The number of carbonyl (C=O) groups excluding carboxylic acids is 1. The molecule has 2 aliphatic heterocycles. The molecule has 7 nitrogen and oxygen atoms in total. The highest BCUT2D eigenvalue weighted by atomic mass is 35.5. The molecule has 1 aromatic rings. The molecule has 0 N–H and O–H groups in total. The summed E-state index contributed by atoms with van der Waals surface area (Å²) in [6, 6.07) is 0. The van der Waals surface area contributed by atoms with Crippen LogP contribution >= 0.6 is 11.6 Å². The highest BCUT2D eigenvalue weighted by Gasteiger charge is 2.43. The van der Waals surface area contributed by atoms with Gasteiger partial charge in [-0.2, -0.15) is 4.98 Å². The average molecular weight is 354 g/mol. The maximum absolute atomic E-state index is 12.3. The summed E-state index contributed by atoms with van der Waals surface area (Å²) in [5, 5.41) is 0.220. The molecule has 0 unspecified atom stereocenters. The lowest BCUT2D eigenvalue weighted by molar-refractivity contribution is 0.0266. The summed E-state index contributed by atoms with van der Waals surface area (Å²) in [4.78, 5) is 28.4. The SMILES string of the molecule is CC(C)(C)OC(=O)N1CCC2(CCN(c3ncnc(Cl)n3)CC2)C1. The van der Waals surface area contributed by atoms with E-state index >= 15 is 0 Å². The minimum atomic E-state index is -0.450. The Morgan fingerprint density at radius 3 is 2.50 bits per heavy atom. The Hall–Kier alpha value is -1.63. The van der Waals surface area contributed by atoms with E-state index in [1.54, 1.807) is 0 Å². The summed E-state index contributed by atoms with van der Waals surface area (Å²) in [6.07, 6.45) is 4.28. The lowest BCUT2D eigenvalue weighted by Crippen LogP contribution is -2.43. The zero-order valence-electron chi connectivity index (χ0n) is 14.5. The highest BCUT2D eigenvalue weighted by Crippen LogP contribution is 2.41. The molecule has 0 bridgehead atoms. The summed E-state index contributed by atoms with van der Waals surface area (Å²) in [6.45, 7) is 8.96. The van der Waals surface area contributed by atoms with Crippen molar-refractivity contribution in [1.29, 1.82) is 0 Å². The van der Waals surface area contributed by atoms with Crippen molar-refractivity contribution in [2.45, 2.75) is 45.6 Å². The van der Waals surface area contributed by atoms with Crippen LogP contribution in [-0.4, -0.2) is 57.7 Å². The van der Waals surface area contributed by atoms with Crippen LogP contribution < -0.4 is 4.90 Å². The first-order valence-corrected chi connectivity index (χ1v) is 8.72. The van der Waals surface area contributed by atoms with E-state index in [0.717, 1.165) is 45.4 Å². The van der Waals surface area contributed by atoms with Crippen molar-refractivity contribution in [2.75, 3.05) is 31.1 Å². The molecule has 1 amide bonds. The van der Waals surface area contributed by atoms with Gasteiger partial charge in [-0.3, -0.25) is 0 Å². The van der Waals surface area contributed by atoms with Crippen molar-refractivity contribution in [3.63, 3.8) is 0 Å². The summed E-state index contributed by atoms with van der Waals surface area (Å²) >= 11 is 5.84. The van der Waals surface area contributed by atoms with E-state index in [0.29, 0.717) is 5.95 Å². The predicted octanol–water partition coefficient (Wildman–Crippen LogP) is 2.75. The molecular weight excluding hydrogens is 330 g/mol. The molecule has 0 atom stereocenters. The largest absolute Gasteiger partial charge is 0.444 e. The fourth-order valence-corrected chi connectivity index (χ4v) is 3.55. The Labute approximate surface area is 147 Å². The molecule has 2 saturated heterocycles. The average Bonchev–Trinajstić information content (AvgIpc) is 2.90. The quantitative estimate of drug-likeness (QED) is 0.773. The number of hydrogen-bond acceptors (Lipinski definition) is 6. The van der Waals surface area contributed by atoms with Gasteiger partial charge in [-0.1, -0.05) is 0 Å². The first-order valence-electron chi connectivity index (χ1n) is 8.34. The van der Waals surface area contributed by atoms with Crippen molar-refractivity contribution in [1.82, 2.24) is 19.9 Å². The van der Waals surface area contributed by atoms with Crippen molar-refractivity contribution in [3.05, 3.63) is 11.6 Å². The number of carbonyl (C=O) groups is 1. The monoisotopic (exact) mass is 353 g/mol. The van der Waals surface area contributed by atoms with Crippen molar-refractivity contribution in [3.8, 4) is 0 Å². The number of likely N-dealkylation sites (tertiary alicyclic amines) is 1. The van der Waals surface area contributed by atoms with Gasteiger partial charge in [0, 0.05) is 26.2 Å². The lowest BCUT2D eigenvalue weighted by atomic mass is 9.78. The first kappa shape index (κ1) is 17.2. The number of ether oxygens (including phenoxy) is 1. The third-order valence-electron chi connectivity index (χ3n) is 4.73. The van der Waals surface area contributed by atoms with E-state index in [2.05, 4.69) is 19.9 Å². The zero-order valence-corrected chi connectivity index (χ0v) is 15.2. The van der Waals surface area contributed by atoms with Gasteiger partial charge in [-0.05, 0) is 57.0 Å². The van der Waals surface area contributed by atoms with Crippen molar-refractivity contribution in [2.24, 2.45) is 5.41 Å². The minimum Gasteiger partial charge on any atom is -0.444 e. The fourth-order valence-electron chi connectivity index (χ4n) is 3.43. The van der Waals surface area contributed by atoms with Crippen LogP contribution in [0.25, 0.3) is 0 Å². The normalized spacial score (nSPS) is 20.5. The van der Waals surface area contributed by atoms with Crippen LogP contribution in [0.2, 0.25) is 5.28 Å². The van der Waals surface area contributed by atoms with Gasteiger partial charge in [0.05, 0.1) is 0 Å². The number of halogens is 1. The fraction of sp³-hybridized carbons (Fsp3) is 0.750. The van der Waals surface area contributed by atoms with E-state index in [1.807, 2.05) is 25.7 Å². The molecule has 0 aromatic carbocycles. The highest BCUT2D eigenvalue weighted by molar-refractivity contribution is 6.28. The van der Waals surface area contributed by atoms with Crippen LogP contribution in [0.1, 0.15) is 40.0 Å². The third kappa shape index (κ3) is 3.88. The second kappa shape index (κ2) is 6.35. The summed E-state index contributed by atoms with van der Waals surface area (Å²) < 4.78 is 5.49. The Kier molecular flexibility index (Phi) is 4.55. The smallest absolute Gasteiger partial charge is 0.410 e. The van der Waals surface area contributed by atoms with E-state index < -0.39 is 5.60 Å². The van der Waals surface area contributed by atoms with Gasteiger partial charge in [0.2, 0.25) is 11.2 Å². The molecule has 2 fully saturated rings. The molecule has 24 heavy (non-hydrogen) atoms. The molecule has 132 valence electrons. The van der Waals surface area contributed by atoms with Crippen LogP contribution in [0.15, 0.2) is 6.33 Å². The van der Waals surface area contributed by atoms with Crippen LogP contribution in [0.3, 0.4) is 0 Å². The molecule has 8 heteroatoms. The number of hydrogen-bond donors (Lipinski definition) is 0.